The van der Waals surface area contributed by atoms with Crippen molar-refractivity contribution in [1.82, 2.24) is 9.55 Å². The minimum Gasteiger partial charge on any atom is -0.387 e. The van der Waals surface area contributed by atoms with Crippen molar-refractivity contribution >= 4 is 13.4 Å². The Bertz CT molecular complexity index is 630. The number of aliphatic hydroxyl groups excluding tert-OH is 1. The maximum atomic E-state index is 11.9. The summed E-state index contributed by atoms with van der Waals surface area (Å²) in [6.45, 7) is 0.701. The SMILES string of the molecule is CO[C@@H]1[C@H](O)[C@@H](COP(C)(=O)O)O[C@H]1n1ccc(N)nc1=O. The largest absolute Gasteiger partial charge is 0.387 e. The summed E-state index contributed by atoms with van der Waals surface area (Å²) in [7, 11) is -2.36. The van der Waals surface area contributed by atoms with Crippen LogP contribution in [0.15, 0.2) is 17.1 Å². The Kier molecular flexibility index (Phi) is 5.00. The number of nitrogens with zero attached hydrogens (tertiary/aromatic N) is 2. The first kappa shape index (κ1) is 17.1. The van der Waals surface area contributed by atoms with E-state index in [9.17, 15) is 14.5 Å². The zero-order valence-corrected chi connectivity index (χ0v) is 12.9. The summed E-state index contributed by atoms with van der Waals surface area (Å²) in [5.41, 5.74) is 4.76. The third-order valence-electron chi connectivity index (χ3n) is 3.19. The van der Waals surface area contributed by atoms with Crippen molar-refractivity contribution in [2.75, 3.05) is 26.1 Å². The minimum absolute atomic E-state index is 0.0563. The van der Waals surface area contributed by atoms with Crippen molar-refractivity contribution in [2.45, 2.75) is 24.5 Å². The molecule has 5 atom stereocenters. The summed E-state index contributed by atoms with van der Waals surface area (Å²) in [5, 5.41) is 10.2. The molecule has 0 bridgehead atoms. The van der Waals surface area contributed by atoms with Gasteiger partial charge in [-0.2, -0.15) is 4.98 Å². The van der Waals surface area contributed by atoms with Crippen molar-refractivity contribution < 1.29 is 28.6 Å². The molecule has 1 saturated heterocycles. The molecule has 0 amide bonds. The molecule has 1 fully saturated rings. The highest BCUT2D eigenvalue weighted by atomic mass is 31.2. The van der Waals surface area contributed by atoms with E-state index in [1.54, 1.807) is 0 Å². The van der Waals surface area contributed by atoms with E-state index in [2.05, 4.69) is 4.98 Å². The highest BCUT2D eigenvalue weighted by Crippen LogP contribution is 2.39. The molecule has 1 aromatic rings. The number of hydrogen-bond donors (Lipinski definition) is 3. The number of anilines is 1. The number of ether oxygens (including phenoxy) is 2. The van der Waals surface area contributed by atoms with Crippen LogP contribution in [0.3, 0.4) is 0 Å². The fourth-order valence-corrected chi connectivity index (χ4v) is 2.59. The molecule has 1 aromatic heterocycles. The lowest BCUT2D eigenvalue weighted by molar-refractivity contribution is -0.0607. The molecule has 22 heavy (non-hydrogen) atoms. The van der Waals surface area contributed by atoms with E-state index in [0.29, 0.717) is 0 Å². The zero-order chi connectivity index (χ0) is 16.5. The van der Waals surface area contributed by atoms with Crippen LogP contribution >= 0.6 is 7.60 Å². The van der Waals surface area contributed by atoms with Crippen LogP contribution in [0, 0.1) is 0 Å². The smallest absolute Gasteiger partial charge is 0.351 e. The van der Waals surface area contributed by atoms with Crippen LogP contribution in [-0.4, -0.2) is 58.2 Å². The van der Waals surface area contributed by atoms with E-state index < -0.39 is 37.8 Å². The van der Waals surface area contributed by atoms with Gasteiger partial charge < -0.3 is 29.7 Å². The van der Waals surface area contributed by atoms with Gasteiger partial charge in [-0.05, 0) is 6.07 Å². The summed E-state index contributed by atoms with van der Waals surface area (Å²) in [6, 6.07) is 1.40. The van der Waals surface area contributed by atoms with Gasteiger partial charge in [-0.3, -0.25) is 9.13 Å². The van der Waals surface area contributed by atoms with Gasteiger partial charge in [0.25, 0.3) is 0 Å². The average Bonchev–Trinajstić information content (AvgIpc) is 2.72. The van der Waals surface area contributed by atoms with Crippen LogP contribution < -0.4 is 11.4 Å². The second kappa shape index (κ2) is 6.45. The predicted octanol–water partition coefficient (Wildman–Crippen LogP) is -1.07. The van der Waals surface area contributed by atoms with Crippen LogP contribution in [0.5, 0.6) is 0 Å². The highest BCUT2D eigenvalue weighted by Gasteiger charge is 2.46. The first-order valence-corrected chi connectivity index (χ1v) is 8.41. The number of nitrogen functional groups attached to an aromatic ring is 1. The Hall–Kier alpha value is -1.29. The predicted molar refractivity (Wildman–Crippen MR) is 75.3 cm³/mol. The summed E-state index contributed by atoms with van der Waals surface area (Å²) < 4.78 is 27.7. The van der Waals surface area contributed by atoms with Crippen LogP contribution in [0.4, 0.5) is 5.82 Å². The Labute approximate surface area is 126 Å². The van der Waals surface area contributed by atoms with Crippen molar-refractivity contribution in [3.8, 4) is 0 Å². The molecule has 2 rings (SSSR count). The number of aliphatic hydroxyl groups is 1. The minimum atomic E-state index is -3.71. The fourth-order valence-electron chi connectivity index (χ4n) is 2.17. The Morgan fingerprint density at radius 1 is 1.59 bits per heavy atom. The summed E-state index contributed by atoms with van der Waals surface area (Å²) in [4.78, 5) is 24.6. The van der Waals surface area contributed by atoms with Gasteiger partial charge in [0.2, 0.25) is 0 Å². The standard InChI is InChI=1S/C11H18N3O7P/c1-19-9-8(15)6(5-20-22(2,17)18)21-10(9)14-4-3-7(12)13-11(14)16/h3-4,6,8-10,15H,5H2,1-2H3,(H,17,18)(H2,12,13,16)/t6-,8-,9-,10-/m1/s1. The third kappa shape index (κ3) is 3.72. The molecule has 1 unspecified atom stereocenters. The Balaban J connectivity index is 2.21. The number of rotatable bonds is 5. The molecule has 124 valence electrons. The van der Waals surface area contributed by atoms with E-state index in [4.69, 9.17) is 24.6 Å². The molecule has 1 aliphatic rings. The van der Waals surface area contributed by atoms with Crippen LogP contribution in [0.1, 0.15) is 6.23 Å². The summed E-state index contributed by atoms with van der Waals surface area (Å²) >= 11 is 0. The maximum absolute atomic E-state index is 11.9. The van der Waals surface area contributed by atoms with Crippen molar-refractivity contribution in [1.29, 1.82) is 0 Å². The normalized spacial score (nSPS) is 31.1. The van der Waals surface area contributed by atoms with Gasteiger partial charge in [-0.25, -0.2) is 4.79 Å². The lowest BCUT2D eigenvalue weighted by atomic mass is 10.1. The molecule has 0 aliphatic carbocycles. The molecule has 0 saturated carbocycles. The van der Waals surface area contributed by atoms with Gasteiger partial charge in [-0.15, -0.1) is 0 Å². The lowest BCUT2D eigenvalue weighted by Crippen LogP contribution is -2.37. The number of methoxy groups -OCH3 is 1. The van der Waals surface area contributed by atoms with Crippen LogP contribution in [-0.2, 0) is 18.6 Å². The van der Waals surface area contributed by atoms with Gasteiger partial charge in [0.15, 0.2) is 6.23 Å². The molecule has 4 N–H and O–H groups in total. The first-order valence-electron chi connectivity index (χ1n) is 6.38. The average molecular weight is 335 g/mol. The lowest BCUT2D eigenvalue weighted by Gasteiger charge is -2.20. The molecule has 2 heterocycles. The van der Waals surface area contributed by atoms with Crippen LogP contribution in [0.2, 0.25) is 0 Å². The molecule has 0 spiro atoms. The van der Waals surface area contributed by atoms with E-state index in [1.165, 1.54) is 19.4 Å². The molecule has 1 aliphatic heterocycles. The molecule has 11 heteroatoms. The van der Waals surface area contributed by atoms with E-state index in [1.807, 2.05) is 0 Å². The number of aromatic nitrogens is 2. The molecule has 0 aromatic carbocycles. The van der Waals surface area contributed by atoms with Gasteiger partial charge >= 0.3 is 13.3 Å². The topological polar surface area (TPSA) is 146 Å². The summed E-state index contributed by atoms with van der Waals surface area (Å²) in [5.74, 6) is 0.0563. The second-order valence-corrected chi connectivity index (χ2v) is 6.76. The quantitative estimate of drug-likeness (QED) is 0.572. The van der Waals surface area contributed by atoms with Gasteiger partial charge in [-0.1, -0.05) is 0 Å². The highest BCUT2D eigenvalue weighted by molar-refractivity contribution is 7.51. The zero-order valence-electron chi connectivity index (χ0n) is 12.0. The van der Waals surface area contributed by atoms with Crippen molar-refractivity contribution in [2.24, 2.45) is 0 Å². The molecular formula is C11H18N3O7P. The monoisotopic (exact) mass is 335 g/mol. The van der Waals surface area contributed by atoms with E-state index >= 15 is 0 Å². The molecule has 0 radical (unpaired) electrons. The first-order chi connectivity index (χ1) is 10.2. The van der Waals surface area contributed by atoms with E-state index in [-0.39, 0.29) is 12.4 Å². The Morgan fingerprint density at radius 2 is 2.27 bits per heavy atom. The van der Waals surface area contributed by atoms with Crippen LogP contribution in [0.25, 0.3) is 0 Å². The molecule has 10 nitrogen and oxygen atoms in total. The third-order valence-corrected chi connectivity index (χ3v) is 3.82. The summed E-state index contributed by atoms with van der Waals surface area (Å²) in [6.07, 6.45) is -2.53. The van der Waals surface area contributed by atoms with E-state index in [0.717, 1.165) is 11.2 Å². The van der Waals surface area contributed by atoms with Crippen molar-refractivity contribution in [3.05, 3.63) is 22.7 Å². The number of hydrogen-bond acceptors (Lipinski definition) is 8. The van der Waals surface area contributed by atoms with Crippen molar-refractivity contribution in [3.63, 3.8) is 0 Å². The van der Waals surface area contributed by atoms with Gasteiger partial charge in [0, 0.05) is 20.0 Å². The number of nitrogens with two attached hydrogens (primary N) is 1. The Morgan fingerprint density at radius 3 is 2.82 bits per heavy atom. The fraction of sp³-hybridized carbons (Fsp3) is 0.636. The molecular weight excluding hydrogens is 317 g/mol. The van der Waals surface area contributed by atoms with Gasteiger partial charge in [0.05, 0.1) is 6.61 Å². The maximum Gasteiger partial charge on any atom is 0.351 e. The van der Waals surface area contributed by atoms with Gasteiger partial charge in [0.1, 0.15) is 24.1 Å². The second-order valence-electron chi connectivity index (χ2n) is 4.90.